The minimum absolute atomic E-state index is 0.973. The van der Waals surface area contributed by atoms with Gasteiger partial charge in [0.25, 0.3) is 0 Å². The number of aromatic nitrogens is 3. The lowest BCUT2D eigenvalue weighted by Gasteiger charge is -2.08. The van der Waals surface area contributed by atoms with E-state index in [9.17, 15) is 0 Å². The first-order valence-corrected chi connectivity index (χ1v) is 6.96. The van der Waals surface area contributed by atoms with Gasteiger partial charge in [-0.15, -0.1) is 0 Å². The molecule has 5 aromatic rings. The van der Waals surface area contributed by atoms with Crippen LogP contribution in [-0.2, 0) is 0 Å². The zero-order valence-electron chi connectivity index (χ0n) is 11.2. The van der Waals surface area contributed by atoms with Gasteiger partial charge in [0.05, 0.1) is 27.6 Å². The first-order valence-electron chi connectivity index (χ1n) is 6.96. The van der Waals surface area contributed by atoms with Crippen LogP contribution in [0.3, 0.4) is 0 Å². The summed E-state index contributed by atoms with van der Waals surface area (Å²) in [7, 11) is 0. The van der Waals surface area contributed by atoms with E-state index in [0.29, 0.717) is 0 Å². The quantitative estimate of drug-likeness (QED) is 0.334. The SMILES string of the molecule is c1ccc2[nH]c3c4nccc4c4ccccc4c3nc2c1. The van der Waals surface area contributed by atoms with E-state index in [-0.39, 0.29) is 0 Å². The molecule has 98 valence electrons. The molecular formula is C18H11N3. The molecule has 0 bridgehead atoms. The minimum atomic E-state index is 0.973. The van der Waals surface area contributed by atoms with Gasteiger partial charge in [-0.25, -0.2) is 4.98 Å². The molecule has 0 aliphatic carbocycles. The average Bonchev–Trinajstić information content (AvgIpc) is 3.03. The van der Waals surface area contributed by atoms with E-state index in [0.717, 1.165) is 33.0 Å². The molecule has 21 heavy (non-hydrogen) atoms. The Bertz CT molecular complexity index is 1140. The molecule has 0 aliphatic heterocycles. The standard InChI is InChI=1S/C18H11N3/c1-2-6-12-11(5-1)13-9-10-19-16(13)18-17(12)20-14-7-3-4-8-15(14)21-18/h1-10,21H. The summed E-state index contributed by atoms with van der Waals surface area (Å²) in [5.74, 6) is 0. The summed E-state index contributed by atoms with van der Waals surface area (Å²) < 4.78 is 0. The van der Waals surface area contributed by atoms with Crippen LogP contribution < -0.4 is 0 Å². The van der Waals surface area contributed by atoms with Gasteiger partial charge in [-0.2, -0.15) is 0 Å². The van der Waals surface area contributed by atoms with Crippen LogP contribution in [0.25, 0.3) is 43.7 Å². The summed E-state index contributed by atoms with van der Waals surface area (Å²) in [6.45, 7) is 0. The van der Waals surface area contributed by atoms with Crippen molar-refractivity contribution in [3.05, 3.63) is 60.8 Å². The molecule has 0 radical (unpaired) electrons. The second-order valence-corrected chi connectivity index (χ2v) is 5.23. The maximum atomic E-state index is 4.86. The van der Waals surface area contributed by atoms with Crippen molar-refractivity contribution in [3.63, 3.8) is 0 Å². The second-order valence-electron chi connectivity index (χ2n) is 5.23. The number of aromatic amines is 1. The fourth-order valence-electron chi connectivity index (χ4n) is 3.09. The highest BCUT2D eigenvalue weighted by Gasteiger charge is 2.11. The number of hydrogen-bond donors (Lipinski definition) is 1. The number of hydrogen-bond acceptors (Lipinski definition) is 2. The molecule has 0 fully saturated rings. The summed E-state index contributed by atoms with van der Waals surface area (Å²) in [6.07, 6.45) is 1.86. The monoisotopic (exact) mass is 269 g/mol. The lowest BCUT2D eigenvalue weighted by atomic mass is 10.0. The largest absolute Gasteiger partial charge is 0.350 e. The Morgan fingerprint density at radius 1 is 0.714 bits per heavy atom. The van der Waals surface area contributed by atoms with Gasteiger partial charge in [0.2, 0.25) is 0 Å². The molecule has 0 unspecified atom stereocenters. The molecule has 0 aliphatic rings. The molecule has 1 N–H and O–H groups in total. The normalized spacial score (nSPS) is 11.8. The van der Waals surface area contributed by atoms with E-state index < -0.39 is 0 Å². The van der Waals surface area contributed by atoms with Crippen LogP contribution in [0.5, 0.6) is 0 Å². The van der Waals surface area contributed by atoms with Crippen LogP contribution in [0, 0.1) is 0 Å². The zero-order valence-corrected chi connectivity index (χ0v) is 11.2. The Morgan fingerprint density at radius 2 is 1.48 bits per heavy atom. The summed E-state index contributed by atoms with van der Waals surface area (Å²) in [5.41, 5.74) is 4.98. The molecule has 3 aromatic carbocycles. The summed E-state index contributed by atoms with van der Waals surface area (Å²) in [4.78, 5) is 12.9. The number of H-pyrrole nitrogens is 1. The highest BCUT2D eigenvalue weighted by molar-refractivity contribution is 6.22. The molecule has 0 saturated heterocycles. The van der Waals surface area contributed by atoms with Gasteiger partial charge in [0, 0.05) is 17.0 Å². The fraction of sp³-hybridized carbons (Fsp3) is 0. The lowest BCUT2D eigenvalue weighted by Crippen LogP contribution is -1.90. The molecule has 0 spiro atoms. The predicted molar refractivity (Wildman–Crippen MR) is 86.4 cm³/mol. The topological polar surface area (TPSA) is 41.6 Å². The molecule has 2 heterocycles. The van der Waals surface area contributed by atoms with E-state index in [1.54, 1.807) is 0 Å². The highest BCUT2D eigenvalue weighted by Crippen LogP contribution is 2.33. The van der Waals surface area contributed by atoms with Crippen molar-refractivity contribution in [1.29, 1.82) is 0 Å². The van der Waals surface area contributed by atoms with Crippen molar-refractivity contribution in [2.24, 2.45) is 0 Å². The van der Waals surface area contributed by atoms with Gasteiger partial charge in [-0.3, -0.25) is 4.98 Å². The van der Waals surface area contributed by atoms with E-state index in [1.807, 2.05) is 30.5 Å². The van der Waals surface area contributed by atoms with Crippen molar-refractivity contribution < 1.29 is 0 Å². The van der Waals surface area contributed by atoms with Gasteiger partial charge in [0.15, 0.2) is 0 Å². The maximum Gasteiger partial charge on any atom is 0.0973 e. The smallest absolute Gasteiger partial charge is 0.0973 e. The average molecular weight is 269 g/mol. The minimum Gasteiger partial charge on any atom is -0.350 e. The number of rotatable bonds is 0. The Morgan fingerprint density at radius 3 is 2.43 bits per heavy atom. The number of nitrogens with zero attached hydrogens (tertiary/aromatic N) is 2. The van der Waals surface area contributed by atoms with Crippen LogP contribution in [0.4, 0.5) is 0 Å². The van der Waals surface area contributed by atoms with E-state index in [1.165, 1.54) is 10.8 Å². The van der Waals surface area contributed by atoms with Crippen LogP contribution in [0.2, 0.25) is 0 Å². The summed E-state index contributed by atoms with van der Waals surface area (Å²) in [6, 6.07) is 18.6. The van der Waals surface area contributed by atoms with Gasteiger partial charge in [0.1, 0.15) is 0 Å². The third-order valence-corrected chi connectivity index (χ3v) is 4.04. The predicted octanol–water partition coefficient (Wildman–Crippen LogP) is 4.42. The molecule has 0 saturated carbocycles. The van der Waals surface area contributed by atoms with Crippen LogP contribution in [0.1, 0.15) is 0 Å². The van der Waals surface area contributed by atoms with Crippen molar-refractivity contribution in [1.82, 2.24) is 15.0 Å². The Labute approximate surface area is 120 Å². The molecule has 0 amide bonds. The van der Waals surface area contributed by atoms with E-state index in [4.69, 9.17) is 4.98 Å². The van der Waals surface area contributed by atoms with Gasteiger partial charge in [-0.05, 0) is 23.6 Å². The molecule has 5 rings (SSSR count). The third kappa shape index (κ3) is 1.37. The second kappa shape index (κ2) is 3.79. The van der Waals surface area contributed by atoms with Crippen molar-refractivity contribution >= 4 is 43.7 Å². The van der Waals surface area contributed by atoms with E-state index >= 15 is 0 Å². The maximum absolute atomic E-state index is 4.86. The molecule has 0 atom stereocenters. The van der Waals surface area contributed by atoms with Gasteiger partial charge < -0.3 is 4.98 Å². The molecular weight excluding hydrogens is 258 g/mol. The molecule has 2 aromatic heterocycles. The van der Waals surface area contributed by atoms with Crippen LogP contribution >= 0.6 is 0 Å². The van der Waals surface area contributed by atoms with Crippen molar-refractivity contribution in [2.45, 2.75) is 0 Å². The van der Waals surface area contributed by atoms with Gasteiger partial charge >= 0.3 is 0 Å². The Balaban J connectivity index is 2.18. The number of para-hydroxylation sites is 2. The Hall–Kier alpha value is -2.94. The number of nitrogens with one attached hydrogen (secondary N) is 1. The van der Waals surface area contributed by atoms with Crippen LogP contribution in [0.15, 0.2) is 60.8 Å². The number of fused-ring (bicyclic) bond motifs is 7. The van der Waals surface area contributed by atoms with Gasteiger partial charge in [-0.1, -0.05) is 36.4 Å². The summed E-state index contributed by atoms with van der Waals surface area (Å²) in [5, 5.41) is 3.54. The number of benzene rings is 3. The van der Waals surface area contributed by atoms with Crippen molar-refractivity contribution in [2.75, 3.05) is 0 Å². The fourth-order valence-corrected chi connectivity index (χ4v) is 3.09. The molecule has 3 nitrogen and oxygen atoms in total. The summed E-state index contributed by atoms with van der Waals surface area (Å²) >= 11 is 0. The Kier molecular flexibility index (Phi) is 1.95. The lowest BCUT2D eigenvalue weighted by molar-refractivity contribution is 1.40. The first-order chi connectivity index (χ1) is 10.4. The molecule has 3 heteroatoms. The van der Waals surface area contributed by atoms with E-state index in [2.05, 4.69) is 40.3 Å². The third-order valence-electron chi connectivity index (χ3n) is 4.04. The van der Waals surface area contributed by atoms with Crippen LogP contribution in [-0.4, -0.2) is 15.0 Å². The zero-order chi connectivity index (χ0) is 13.8. The highest BCUT2D eigenvalue weighted by atomic mass is 14.8. The van der Waals surface area contributed by atoms with Crippen molar-refractivity contribution in [3.8, 4) is 0 Å². The first kappa shape index (κ1) is 10.8.